The molecule has 4 rings (SSSR count). The molecular weight excluding hydrogens is 418 g/mol. The van der Waals surface area contributed by atoms with E-state index in [9.17, 15) is 9.59 Å². The van der Waals surface area contributed by atoms with Gasteiger partial charge in [0.2, 0.25) is 5.91 Å². The van der Waals surface area contributed by atoms with Crippen LogP contribution in [0.5, 0.6) is 11.5 Å². The van der Waals surface area contributed by atoms with Gasteiger partial charge in [0.1, 0.15) is 17.5 Å². The molecule has 2 aliphatic heterocycles. The number of hydrogen-bond donors (Lipinski definition) is 1. The Labute approximate surface area is 184 Å². The topological polar surface area (TPSA) is 98.0 Å². The molecule has 164 valence electrons. The van der Waals surface area contributed by atoms with Crippen molar-refractivity contribution in [1.29, 1.82) is 0 Å². The number of nitrogens with zero attached hydrogens (tertiary/aromatic N) is 4. The van der Waals surface area contributed by atoms with Gasteiger partial charge in [-0.1, -0.05) is 11.8 Å². The van der Waals surface area contributed by atoms with E-state index in [1.807, 2.05) is 18.7 Å². The predicted molar refractivity (Wildman–Crippen MR) is 119 cm³/mol. The lowest BCUT2D eigenvalue weighted by Gasteiger charge is -2.32. The highest BCUT2D eigenvalue weighted by atomic mass is 32.2. The van der Waals surface area contributed by atoms with Gasteiger partial charge in [-0.05, 0) is 32.4 Å². The summed E-state index contributed by atoms with van der Waals surface area (Å²) in [7, 11) is 1.78. The van der Waals surface area contributed by atoms with Crippen LogP contribution in [0.2, 0.25) is 0 Å². The van der Waals surface area contributed by atoms with Crippen molar-refractivity contribution in [3.8, 4) is 11.5 Å². The number of nitrogens with one attached hydrogen (secondary N) is 1. The number of rotatable bonds is 6. The molecule has 1 N–H and O–H groups in total. The lowest BCUT2D eigenvalue weighted by atomic mass is 10.2. The van der Waals surface area contributed by atoms with Crippen molar-refractivity contribution in [2.75, 3.05) is 24.2 Å². The van der Waals surface area contributed by atoms with Crippen LogP contribution in [0.25, 0.3) is 0 Å². The molecule has 1 unspecified atom stereocenters. The van der Waals surface area contributed by atoms with Crippen molar-refractivity contribution >= 4 is 34.6 Å². The van der Waals surface area contributed by atoms with E-state index in [4.69, 9.17) is 9.47 Å². The van der Waals surface area contributed by atoms with Gasteiger partial charge >= 0.3 is 0 Å². The number of thioether (sulfide) groups is 1. The SMILES string of the molecule is CC(C)Oc1cc(OC2=NC(C(=O)N3CCC3)CS2)cc(C(=O)Nc2ccn(C)n2)c1. The first kappa shape index (κ1) is 21.2. The van der Waals surface area contributed by atoms with Gasteiger partial charge in [-0.2, -0.15) is 5.10 Å². The molecule has 2 amide bonds. The number of anilines is 1. The van der Waals surface area contributed by atoms with Gasteiger partial charge in [0.05, 0.1) is 6.10 Å². The second-order valence-corrected chi connectivity index (χ2v) is 8.66. The number of amides is 2. The maximum atomic E-state index is 12.7. The summed E-state index contributed by atoms with van der Waals surface area (Å²) in [5.74, 6) is 1.66. The van der Waals surface area contributed by atoms with Crippen molar-refractivity contribution in [3.05, 3.63) is 36.0 Å². The van der Waals surface area contributed by atoms with E-state index >= 15 is 0 Å². The Morgan fingerprint density at radius 3 is 2.65 bits per heavy atom. The van der Waals surface area contributed by atoms with E-state index in [0.29, 0.717) is 33.9 Å². The molecule has 1 aromatic carbocycles. The van der Waals surface area contributed by atoms with Crippen LogP contribution in [0.15, 0.2) is 35.5 Å². The average molecular weight is 444 g/mol. The Morgan fingerprint density at radius 2 is 2.00 bits per heavy atom. The van der Waals surface area contributed by atoms with Crippen LogP contribution < -0.4 is 14.8 Å². The molecule has 3 heterocycles. The van der Waals surface area contributed by atoms with Crippen LogP contribution in [0.4, 0.5) is 5.82 Å². The summed E-state index contributed by atoms with van der Waals surface area (Å²) < 4.78 is 13.3. The summed E-state index contributed by atoms with van der Waals surface area (Å²) in [4.78, 5) is 31.4. The number of aliphatic imine (C=N–C) groups is 1. The van der Waals surface area contributed by atoms with Crippen LogP contribution in [-0.2, 0) is 11.8 Å². The number of likely N-dealkylation sites (tertiary alicyclic amines) is 1. The van der Waals surface area contributed by atoms with Gasteiger partial charge < -0.3 is 19.7 Å². The van der Waals surface area contributed by atoms with Gasteiger partial charge in [0.15, 0.2) is 5.82 Å². The first-order valence-corrected chi connectivity index (χ1v) is 11.2. The molecule has 2 aliphatic rings. The molecule has 1 aromatic heterocycles. The van der Waals surface area contributed by atoms with Crippen molar-refractivity contribution in [3.63, 3.8) is 0 Å². The highest BCUT2D eigenvalue weighted by molar-refractivity contribution is 8.13. The van der Waals surface area contributed by atoms with Crippen molar-refractivity contribution < 1.29 is 19.1 Å². The molecule has 0 bridgehead atoms. The highest BCUT2D eigenvalue weighted by Gasteiger charge is 2.32. The van der Waals surface area contributed by atoms with Crippen molar-refractivity contribution in [2.45, 2.75) is 32.4 Å². The summed E-state index contributed by atoms with van der Waals surface area (Å²) in [5, 5.41) is 7.34. The Morgan fingerprint density at radius 1 is 1.23 bits per heavy atom. The maximum absolute atomic E-state index is 12.7. The molecule has 1 atom stereocenters. The molecule has 1 fully saturated rings. The lowest BCUT2D eigenvalue weighted by Crippen LogP contribution is -2.46. The van der Waals surface area contributed by atoms with E-state index in [1.54, 1.807) is 42.2 Å². The number of hydrogen-bond acceptors (Lipinski definition) is 7. The molecule has 0 radical (unpaired) electrons. The second kappa shape index (κ2) is 9.01. The third-order valence-electron chi connectivity index (χ3n) is 4.75. The lowest BCUT2D eigenvalue weighted by molar-refractivity contribution is -0.135. The third-order valence-corrected chi connectivity index (χ3v) is 5.67. The van der Waals surface area contributed by atoms with E-state index in [-0.39, 0.29) is 17.9 Å². The predicted octanol–water partition coefficient (Wildman–Crippen LogP) is 2.54. The molecule has 0 spiro atoms. The smallest absolute Gasteiger partial charge is 0.257 e. The minimum atomic E-state index is -0.415. The minimum absolute atomic E-state index is 0.0460. The van der Waals surface area contributed by atoms with Gasteiger partial charge in [-0.3, -0.25) is 14.3 Å². The molecule has 9 nitrogen and oxygen atoms in total. The first-order valence-electron chi connectivity index (χ1n) is 10.2. The molecular formula is C21H25N5O4S. The summed E-state index contributed by atoms with van der Waals surface area (Å²) in [6, 6.07) is 6.29. The minimum Gasteiger partial charge on any atom is -0.491 e. The molecule has 0 saturated carbocycles. The summed E-state index contributed by atoms with van der Waals surface area (Å²) in [6.07, 6.45) is 2.72. The quantitative estimate of drug-likeness (QED) is 0.737. The molecule has 2 aromatic rings. The fourth-order valence-electron chi connectivity index (χ4n) is 3.15. The van der Waals surface area contributed by atoms with Crippen LogP contribution in [0, 0.1) is 0 Å². The van der Waals surface area contributed by atoms with Gasteiger partial charge in [-0.25, -0.2) is 4.99 Å². The van der Waals surface area contributed by atoms with Crippen molar-refractivity contribution in [2.24, 2.45) is 12.0 Å². The van der Waals surface area contributed by atoms with E-state index < -0.39 is 6.04 Å². The highest BCUT2D eigenvalue weighted by Crippen LogP contribution is 2.28. The van der Waals surface area contributed by atoms with Crippen LogP contribution in [0.1, 0.15) is 30.6 Å². The largest absolute Gasteiger partial charge is 0.491 e. The fourth-order valence-corrected chi connectivity index (χ4v) is 4.03. The van der Waals surface area contributed by atoms with Crippen LogP contribution in [-0.4, -0.2) is 62.7 Å². The molecule has 0 aliphatic carbocycles. The van der Waals surface area contributed by atoms with E-state index in [0.717, 1.165) is 19.5 Å². The van der Waals surface area contributed by atoms with E-state index in [2.05, 4.69) is 15.4 Å². The zero-order chi connectivity index (χ0) is 22.0. The maximum Gasteiger partial charge on any atom is 0.257 e. The number of aromatic nitrogens is 2. The van der Waals surface area contributed by atoms with Gasteiger partial charge in [0, 0.05) is 49.8 Å². The first-order chi connectivity index (χ1) is 14.9. The summed E-state index contributed by atoms with van der Waals surface area (Å²) in [5.41, 5.74) is 0.371. The number of benzene rings is 1. The number of carbonyl (C=O) groups is 2. The Bertz CT molecular complexity index is 1010. The molecule has 10 heteroatoms. The fraction of sp³-hybridized carbons (Fsp3) is 0.429. The summed E-state index contributed by atoms with van der Waals surface area (Å²) in [6.45, 7) is 5.41. The van der Waals surface area contributed by atoms with Gasteiger partial charge in [0.25, 0.3) is 11.1 Å². The molecule has 1 saturated heterocycles. The molecule has 31 heavy (non-hydrogen) atoms. The standard InChI is InChI=1S/C21H25N5O4S/c1-13(2)29-15-9-14(19(27)23-18-5-8-25(3)24-18)10-16(11-15)30-21-22-17(12-31-21)20(28)26-6-4-7-26/h5,8-11,13,17H,4,6-7,12H2,1-3H3,(H,23,24,27). The average Bonchev–Trinajstić information content (AvgIpc) is 3.28. The number of carbonyl (C=O) groups excluding carboxylic acids is 2. The van der Waals surface area contributed by atoms with Crippen molar-refractivity contribution in [1.82, 2.24) is 14.7 Å². The normalized spacial score (nSPS) is 17.9. The van der Waals surface area contributed by atoms with Crippen LogP contribution in [0.3, 0.4) is 0 Å². The second-order valence-electron chi connectivity index (χ2n) is 7.69. The number of ether oxygens (including phenoxy) is 2. The Kier molecular flexibility index (Phi) is 6.17. The third kappa shape index (κ3) is 5.19. The Hall–Kier alpha value is -3.01. The Balaban J connectivity index is 1.51. The van der Waals surface area contributed by atoms with Gasteiger partial charge in [-0.15, -0.1) is 0 Å². The van der Waals surface area contributed by atoms with Crippen LogP contribution >= 0.6 is 11.8 Å². The monoisotopic (exact) mass is 443 g/mol. The summed E-state index contributed by atoms with van der Waals surface area (Å²) >= 11 is 1.39. The zero-order valence-electron chi connectivity index (χ0n) is 17.7. The van der Waals surface area contributed by atoms with E-state index in [1.165, 1.54) is 11.8 Å². The zero-order valence-corrected chi connectivity index (χ0v) is 18.5. The number of aryl methyl sites for hydroxylation is 1.